The Morgan fingerprint density at radius 3 is 3.11 bits per heavy atom. The molecule has 2 rings (SSSR count). The van der Waals surface area contributed by atoms with Crippen molar-refractivity contribution in [1.29, 1.82) is 0 Å². The normalized spacial score (nSPS) is 12.3. The smallest absolute Gasteiger partial charge is 0.216 e. The van der Waals surface area contributed by atoms with Gasteiger partial charge in [-0.25, -0.2) is 13.1 Å². The number of nitrogens with zero attached hydrogens (tertiary/aromatic N) is 3. The number of fused-ring (bicyclic) bond motifs is 1. The quantitative estimate of drug-likeness (QED) is 0.826. The first-order valence-electron chi connectivity index (χ1n) is 5.86. The number of nitrogens with one attached hydrogen (secondary N) is 1. The lowest BCUT2D eigenvalue weighted by Gasteiger charge is -2.05. The van der Waals surface area contributed by atoms with Crippen LogP contribution in [-0.2, 0) is 16.4 Å². The summed E-state index contributed by atoms with van der Waals surface area (Å²) in [5, 5.41) is 9.71. The molecule has 0 atom stereocenters. The first kappa shape index (κ1) is 13.4. The Hall–Kier alpha value is -0.990. The first-order chi connectivity index (χ1) is 8.62. The Kier molecular flexibility index (Phi) is 4.31. The molecule has 8 heteroatoms. The van der Waals surface area contributed by atoms with E-state index in [0.29, 0.717) is 19.4 Å². The third kappa shape index (κ3) is 3.27. The van der Waals surface area contributed by atoms with Crippen LogP contribution in [-0.4, -0.2) is 35.3 Å². The zero-order chi connectivity index (χ0) is 13.0. The fourth-order valence-electron chi connectivity index (χ4n) is 1.60. The van der Waals surface area contributed by atoms with Gasteiger partial charge in [-0.05, 0) is 6.42 Å². The number of hydrogen-bond donors (Lipinski definition) is 1. The predicted molar refractivity (Wildman–Crippen MR) is 71.3 cm³/mol. The number of thiazole rings is 1. The molecule has 0 aliphatic carbocycles. The van der Waals surface area contributed by atoms with Gasteiger partial charge in [0.15, 0.2) is 0 Å². The molecule has 0 amide bonds. The molecule has 0 aromatic carbocycles. The molecule has 2 aromatic heterocycles. The molecule has 2 heterocycles. The Labute approximate surface area is 110 Å². The Morgan fingerprint density at radius 1 is 1.50 bits per heavy atom. The van der Waals surface area contributed by atoms with Crippen LogP contribution < -0.4 is 4.72 Å². The van der Waals surface area contributed by atoms with Crippen molar-refractivity contribution in [2.75, 3.05) is 12.3 Å². The van der Waals surface area contributed by atoms with Gasteiger partial charge < -0.3 is 0 Å². The lowest BCUT2D eigenvalue weighted by Crippen LogP contribution is -2.28. The minimum absolute atomic E-state index is 0.204. The van der Waals surface area contributed by atoms with Crippen molar-refractivity contribution in [2.24, 2.45) is 0 Å². The fourth-order valence-corrected chi connectivity index (χ4v) is 3.67. The molecule has 18 heavy (non-hydrogen) atoms. The van der Waals surface area contributed by atoms with E-state index in [0.717, 1.165) is 17.1 Å². The molecule has 0 fully saturated rings. The van der Waals surface area contributed by atoms with Gasteiger partial charge in [-0.1, -0.05) is 13.3 Å². The van der Waals surface area contributed by atoms with Gasteiger partial charge in [0.1, 0.15) is 6.33 Å². The van der Waals surface area contributed by atoms with Crippen LogP contribution in [0.3, 0.4) is 0 Å². The molecule has 1 N–H and O–H groups in total. The summed E-state index contributed by atoms with van der Waals surface area (Å²) >= 11 is 1.50. The van der Waals surface area contributed by atoms with E-state index >= 15 is 0 Å². The van der Waals surface area contributed by atoms with Gasteiger partial charge in [0.2, 0.25) is 15.0 Å². The lowest BCUT2D eigenvalue weighted by atomic mass is 10.3. The van der Waals surface area contributed by atoms with Crippen molar-refractivity contribution in [1.82, 2.24) is 19.3 Å². The van der Waals surface area contributed by atoms with Crippen LogP contribution in [0, 0.1) is 0 Å². The molecule has 0 saturated heterocycles. The molecule has 0 saturated carbocycles. The highest BCUT2D eigenvalue weighted by Crippen LogP contribution is 2.13. The van der Waals surface area contributed by atoms with Crippen LogP contribution >= 0.6 is 11.3 Å². The van der Waals surface area contributed by atoms with E-state index in [1.807, 2.05) is 16.7 Å². The van der Waals surface area contributed by atoms with Gasteiger partial charge in [0.05, 0.1) is 5.75 Å². The number of sulfonamides is 1. The second kappa shape index (κ2) is 5.77. The van der Waals surface area contributed by atoms with Crippen LogP contribution in [0.25, 0.3) is 4.96 Å². The first-order valence-corrected chi connectivity index (χ1v) is 8.39. The largest absolute Gasteiger partial charge is 0.276 e. The van der Waals surface area contributed by atoms with Crippen molar-refractivity contribution in [2.45, 2.75) is 26.2 Å². The van der Waals surface area contributed by atoms with Gasteiger partial charge in [-0.2, -0.15) is 0 Å². The number of rotatable bonds is 7. The molecular weight excluding hydrogens is 272 g/mol. The van der Waals surface area contributed by atoms with Crippen molar-refractivity contribution in [3.63, 3.8) is 0 Å². The van der Waals surface area contributed by atoms with E-state index in [9.17, 15) is 8.42 Å². The molecule has 0 bridgehead atoms. The van der Waals surface area contributed by atoms with Crippen LogP contribution in [0.2, 0.25) is 0 Å². The molecule has 100 valence electrons. The van der Waals surface area contributed by atoms with Gasteiger partial charge in [0.25, 0.3) is 0 Å². The number of hydrogen-bond acceptors (Lipinski definition) is 5. The molecule has 0 aliphatic rings. The topological polar surface area (TPSA) is 76.4 Å². The van der Waals surface area contributed by atoms with E-state index in [4.69, 9.17) is 0 Å². The Bertz CT molecular complexity index is 602. The third-order valence-electron chi connectivity index (χ3n) is 2.60. The SMILES string of the molecule is CCCCS(=O)(=O)NCCc1csc2nncn12. The summed E-state index contributed by atoms with van der Waals surface area (Å²) in [5.74, 6) is 0.204. The van der Waals surface area contributed by atoms with E-state index in [2.05, 4.69) is 14.9 Å². The maximum Gasteiger partial charge on any atom is 0.216 e. The highest BCUT2D eigenvalue weighted by molar-refractivity contribution is 7.89. The maximum atomic E-state index is 11.6. The second-order valence-electron chi connectivity index (χ2n) is 4.03. The summed E-state index contributed by atoms with van der Waals surface area (Å²) in [4.78, 5) is 0.832. The van der Waals surface area contributed by atoms with Crippen molar-refractivity contribution in [3.8, 4) is 0 Å². The van der Waals surface area contributed by atoms with E-state index in [1.165, 1.54) is 11.3 Å². The summed E-state index contributed by atoms with van der Waals surface area (Å²) in [6, 6.07) is 0. The fraction of sp³-hybridized carbons (Fsp3) is 0.600. The average Bonchev–Trinajstić information content (AvgIpc) is 2.91. The predicted octanol–water partition coefficient (Wildman–Crippen LogP) is 1.05. The van der Waals surface area contributed by atoms with Crippen LogP contribution in [0.4, 0.5) is 0 Å². The molecule has 6 nitrogen and oxygen atoms in total. The molecule has 0 spiro atoms. The third-order valence-corrected chi connectivity index (χ3v) is 4.95. The van der Waals surface area contributed by atoms with Gasteiger partial charge in [0, 0.05) is 24.0 Å². The van der Waals surface area contributed by atoms with Crippen LogP contribution in [0.5, 0.6) is 0 Å². The minimum Gasteiger partial charge on any atom is -0.276 e. The van der Waals surface area contributed by atoms with E-state index in [-0.39, 0.29) is 5.75 Å². The van der Waals surface area contributed by atoms with Gasteiger partial charge in [-0.3, -0.25) is 4.40 Å². The van der Waals surface area contributed by atoms with Crippen molar-refractivity contribution >= 4 is 26.3 Å². The second-order valence-corrected chi connectivity index (χ2v) is 6.79. The van der Waals surface area contributed by atoms with Crippen molar-refractivity contribution < 1.29 is 8.42 Å². The lowest BCUT2D eigenvalue weighted by molar-refractivity contribution is 0.578. The Morgan fingerprint density at radius 2 is 2.33 bits per heavy atom. The zero-order valence-corrected chi connectivity index (χ0v) is 11.8. The minimum atomic E-state index is -3.12. The monoisotopic (exact) mass is 288 g/mol. The molecule has 0 aliphatic heterocycles. The highest BCUT2D eigenvalue weighted by Gasteiger charge is 2.10. The summed E-state index contributed by atoms with van der Waals surface area (Å²) in [6.07, 6.45) is 3.87. The van der Waals surface area contributed by atoms with Crippen molar-refractivity contribution in [3.05, 3.63) is 17.4 Å². The molecule has 0 radical (unpaired) electrons. The van der Waals surface area contributed by atoms with Gasteiger partial charge in [-0.15, -0.1) is 21.5 Å². The van der Waals surface area contributed by atoms with Crippen LogP contribution in [0.1, 0.15) is 25.5 Å². The Balaban J connectivity index is 1.87. The summed E-state index contributed by atoms with van der Waals surface area (Å²) < 4.78 is 27.7. The zero-order valence-electron chi connectivity index (χ0n) is 10.2. The maximum absolute atomic E-state index is 11.6. The molecular formula is C10H16N4O2S2. The van der Waals surface area contributed by atoms with Crippen LogP contribution in [0.15, 0.2) is 11.7 Å². The number of aromatic nitrogens is 3. The van der Waals surface area contributed by atoms with E-state index in [1.54, 1.807) is 6.33 Å². The van der Waals surface area contributed by atoms with Gasteiger partial charge >= 0.3 is 0 Å². The summed E-state index contributed by atoms with van der Waals surface area (Å²) in [6.45, 7) is 2.39. The molecule has 0 unspecified atom stereocenters. The summed E-state index contributed by atoms with van der Waals surface area (Å²) in [5.41, 5.74) is 1.03. The molecule has 2 aromatic rings. The van der Waals surface area contributed by atoms with E-state index < -0.39 is 10.0 Å². The highest BCUT2D eigenvalue weighted by atomic mass is 32.2. The average molecular weight is 288 g/mol. The summed E-state index contributed by atoms with van der Waals surface area (Å²) in [7, 11) is -3.12. The number of unbranched alkanes of at least 4 members (excludes halogenated alkanes) is 1. The standard InChI is InChI=1S/C10H16N4O2S2/c1-2-3-6-18(15,16)12-5-4-9-7-17-10-13-11-8-14(9)10/h7-8,12H,2-6H2,1H3.